The number of aromatic nitrogens is 1. The molecular formula is C34H41N3O4S. The molecule has 222 valence electrons. The number of para-hydroxylation sites is 2. The van der Waals surface area contributed by atoms with Crippen molar-refractivity contribution in [3.8, 4) is 0 Å². The number of oxazole rings is 1. The highest BCUT2D eigenvalue weighted by Gasteiger charge is 2.70. The number of carbonyl (C=O) groups is 2. The van der Waals surface area contributed by atoms with E-state index in [1.165, 1.54) is 17.3 Å². The molecule has 4 fully saturated rings. The fraction of sp³-hybridized carbons (Fsp3) is 0.618. The number of fused-ring (bicyclic) bond motifs is 6. The smallest absolute Gasteiger partial charge is 0.309 e. The van der Waals surface area contributed by atoms with Crippen LogP contribution in [0.1, 0.15) is 78.1 Å². The summed E-state index contributed by atoms with van der Waals surface area (Å²) in [5.41, 5.74) is 1.85. The Kier molecular flexibility index (Phi) is 6.80. The van der Waals surface area contributed by atoms with E-state index in [0.29, 0.717) is 35.5 Å². The van der Waals surface area contributed by atoms with Gasteiger partial charge in [-0.3, -0.25) is 14.6 Å². The Morgan fingerprint density at radius 1 is 1.17 bits per heavy atom. The second-order valence-corrected chi connectivity index (χ2v) is 14.8. The van der Waals surface area contributed by atoms with Crippen molar-refractivity contribution < 1.29 is 18.7 Å². The summed E-state index contributed by atoms with van der Waals surface area (Å²) in [6.07, 6.45) is 10.7. The van der Waals surface area contributed by atoms with Gasteiger partial charge in [0.25, 0.3) is 5.22 Å². The lowest BCUT2D eigenvalue weighted by Gasteiger charge is -2.61. The molecule has 7 rings (SSSR count). The van der Waals surface area contributed by atoms with E-state index in [1.807, 2.05) is 24.3 Å². The number of ketones is 1. The maximum Gasteiger partial charge on any atom is 0.309 e. The second-order valence-electron chi connectivity index (χ2n) is 13.9. The number of hydrogen-bond donors (Lipinski definition) is 1. The molecule has 8 heteroatoms. The zero-order valence-electron chi connectivity index (χ0n) is 24.7. The highest BCUT2D eigenvalue weighted by molar-refractivity contribution is 7.99. The zero-order valence-corrected chi connectivity index (χ0v) is 25.5. The highest BCUT2D eigenvalue weighted by atomic mass is 32.2. The molecule has 1 heterocycles. The number of ether oxygens (including phenoxy) is 1. The van der Waals surface area contributed by atoms with E-state index in [9.17, 15) is 9.59 Å². The van der Waals surface area contributed by atoms with Gasteiger partial charge >= 0.3 is 5.97 Å². The number of thioether (sulfide) groups is 1. The Morgan fingerprint density at radius 3 is 2.71 bits per heavy atom. The van der Waals surface area contributed by atoms with Crippen LogP contribution in [0.5, 0.6) is 0 Å². The largest absolute Gasteiger partial charge is 0.450 e. The lowest BCUT2D eigenvalue weighted by atomic mass is 9.45. The van der Waals surface area contributed by atoms with Gasteiger partial charge in [-0.05, 0) is 106 Å². The number of hydrogen-bond acceptors (Lipinski definition) is 8. The molecule has 0 aliphatic heterocycles. The van der Waals surface area contributed by atoms with Crippen LogP contribution >= 0.6 is 11.8 Å². The number of carbonyl (C=O) groups excluding carboxylic acids is 2. The van der Waals surface area contributed by atoms with Crippen molar-refractivity contribution in [2.75, 3.05) is 5.75 Å². The van der Waals surface area contributed by atoms with Crippen LogP contribution in [-0.2, 0) is 14.3 Å². The van der Waals surface area contributed by atoms with E-state index in [1.54, 1.807) is 0 Å². The van der Waals surface area contributed by atoms with Gasteiger partial charge in [0.05, 0.1) is 17.7 Å². The summed E-state index contributed by atoms with van der Waals surface area (Å²) in [4.78, 5) is 37.4. The van der Waals surface area contributed by atoms with E-state index in [-0.39, 0.29) is 40.8 Å². The minimum Gasteiger partial charge on any atom is -0.450 e. The van der Waals surface area contributed by atoms with Crippen LogP contribution in [0.3, 0.4) is 0 Å². The Bertz CT molecular complexity index is 1460. The minimum atomic E-state index is -1.19. The molecule has 0 spiro atoms. The van der Waals surface area contributed by atoms with Crippen molar-refractivity contribution in [2.24, 2.45) is 39.5 Å². The Balaban J connectivity index is 1.23. The van der Waals surface area contributed by atoms with E-state index in [0.717, 1.165) is 62.6 Å². The second kappa shape index (κ2) is 10.2. The van der Waals surface area contributed by atoms with E-state index < -0.39 is 11.0 Å². The van der Waals surface area contributed by atoms with Gasteiger partial charge in [0, 0.05) is 11.1 Å². The van der Waals surface area contributed by atoms with Gasteiger partial charge in [-0.1, -0.05) is 49.7 Å². The lowest BCUT2D eigenvalue weighted by Crippen LogP contribution is -2.63. The molecule has 42 heavy (non-hydrogen) atoms. The molecule has 2 aromatic rings. The molecule has 5 unspecified atom stereocenters. The first-order chi connectivity index (χ1) is 20.2. The molecule has 0 bridgehead atoms. The van der Waals surface area contributed by atoms with Crippen LogP contribution in [0.25, 0.3) is 11.1 Å². The molecule has 5 aliphatic rings. The molecule has 0 saturated heterocycles. The maximum atomic E-state index is 14.5. The molecule has 1 aromatic heterocycles. The summed E-state index contributed by atoms with van der Waals surface area (Å²) in [5, 5.41) is 8.78. The molecule has 5 aliphatic carbocycles. The van der Waals surface area contributed by atoms with Crippen molar-refractivity contribution in [1.29, 1.82) is 5.41 Å². The third kappa shape index (κ3) is 4.10. The first-order valence-electron chi connectivity index (χ1n) is 15.7. The number of allylic oxidation sites excluding steroid dienone is 2. The predicted molar refractivity (Wildman–Crippen MR) is 164 cm³/mol. The van der Waals surface area contributed by atoms with Crippen LogP contribution in [-0.4, -0.2) is 46.6 Å². The van der Waals surface area contributed by atoms with Crippen LogP contribution in [0.2, 0.25) is 0 Å². The molecule has 0 radical (unpaired) electrons. The fourth-order valence-corrected chi connectivity index (χ4v) is 10.4. The monoisotopic (exact) mass is 587 g/mol. The summed E-state index contributed by atoms with van der Waals surface area (Å²) < 4.78 is 12.5. The Morgan fingerprint density at radius 2 is 1.98 bits per heavy atom. The van der Waals surface area contributed by atoms with Crippen molar-refractivity contribution in [3.63, 3.8) is 0 Å². The summed E-state index contributed by atoms with van der Waals surface area (Å²) in [7, 11) is 0. The molecule has 7 atom stereocenters. The summed E-state index contributed by atoms with van der Waals surface area (Å²) >= 11 is 1.29. The average Bonchev–Trinajstić information content (AvgIpc) is 3.49. The molecule has 7 nitrogen and oxygen atoms in total. The van der Waals surface area contributed by atoms with Gasteiger partial charge in [-0.15, -0.1) is 0 Å². The fourth-order valence-electron chi connectivity index (χ4n) is 9.62. The molecule has 1 aromatic carbocycles. The number of aliphatic imine (C=N–C) groups is 1. The number of nitrogens with zero attached hydrogens (tertiary/aromatic N) is 2. The van der Waals surface area contributed by atoms with Crippen molar-refractivity contribution in [3.05, 3.63) is 35.9 Å². The van der Waals surface area contributed by atoms with Crippen LogP contribution in [0, 0.1) is 39.9 Å². The predicted octanol–water partition coefficient (Wildman–Crippen LogP) is 7.23. The Hall–Kier alpha value is -2.74. The SMILES string of the molecule is C=N[C@H]1CC2(C)C(CC[C@]2(OC(=O)C2CCC2)C(=O)CSc2nc3ccccc3o2)C2CCC3=CC(=N)CCC3(C)C21. The summed E-state index contributed by atoms with van der Waals surface area (Å²) in [5.74, 6) is 0.736. The first-order valence-corrected chi connectivity index (χ1v) is 16.7. The molecule has 4 saturated carbocycles. The summed E-state index contributed by atoms with van der Waals surface area (Å²) in [6, 6.07) is 7.57. The van der Waals surface area contributed by atoms with Gasteiger partial charge in [-0.25, -0.2) is 4.98 Å². The van der Waals surface area contributed by atoms with Gasteiger partial charge in [-0.2, -0.15) is 0 Å². The van der Waals surface area contributed by atoms with E-state index in [4.69, 9.17) is 19.6 Å². The molecule has 0 amide bonds. The first kappa shape index (κ1) is 28.1. The summed E-state index contributed by atoms with van der Waals surface area (Å²) in [6.45, 7) is 8.66. The number of nitrogens with one attached hydrogen (secondary N) is 1. The maximum absolute atomic E-state index is 14.5. The molecule has 1 N–H and O–H groups in total. The number of rotatable bonds is 7. The van der Waals surface area contributed by atoms with Crippen molar-refractivity contribution in [1.82, 2.24) is 4.98 Å². The zero-order chi connectivity index (χ0) is 29.3. The Labute approximate surface area is 251 Å². The molecular weight excluding hydrogens is 546 g/mol. The van der Waals surface area contributed by atoms with E-state index in [2.05, 4.69) is 31.6 Å². The average molecular weight is 588 g/mol. The highest BCUT2D eigenvalue weighted by Crippen LogP contribution is 2.69. The van der Waals surface area contributed by atoms with E-state index >= 15 is 0 Å². The topological polar surface area (TPSA) is 106 Å². The number of benzene rings is 1. The lowest BCUT2D eigenvalue weighted by molar-refractivity contribution is -0.195. The normalized spacial score (nSPS) is 37.7. The van der Waals surface area contributed by atoms with Crippen LogP contribution in [0.15, 0.2) is 50.5 Å². The van der Waals surface area contributed by atoms with Gasteiger partial charge < -0.3 is 14.6 Å². The number of esters is 1. The van der Waals surface area contributed by atoms with Crippen LogP contribution in [0.4, 0.5) is 0 Å². The van der Waals surface area contributed by atoms with Crippen molar-refractivity contribution >= 4 is 47.0 Å². The van der Waals surface area contributed by atoms with Crippen LogP contribution < -0.4 is 0 Å². The van der Waals surface area contributed by atoms with Gasteiger partial charge in [0.2, 0.25) is 0 Å². The van der Waals surface area contributed by atoms with Crippen molar-refractivity contribution in [2.45, 2.75) is 94.9 Å². The third-order valence-corrected chi connectivity index (χ3v) is 12.9. The van der Waals surface area contributed by atoms with Gasteiger partial charge in [0.1, 0.15) is 5.52 Å². The minimum absolute atomic E-state index is 0.0126. The van der Waals surface area contributed by atoms with Gasteiger partial charge in [0.15, 0.2) is 17.0 Å². The quantitative estimate of drug-likeness (QED) is 0.208. The third-order valence-electron chi connectivity index (χ3n) is 12.1. The standard InChI is InChI=1S/C34H41N3O4S/c1-32-15-13-22(35)17-21(32)11-12-23-24-14-16-34(41-30(39)20-7-6-8-20,33(24,2)18-26(36-3)29(23)32)28(38)19-42-31-37-25-9-4-5-10-27(25)40-31/h4-5,9-10,17,20,23-24,26,29,35H,3,6-8,11-16,18-19H2,1-2H3/t23?,24?,26-,29?,32?,33?,34-/m0/s1. The number of Topliss-reactive ketones (excluding diaryl/α,β-unsaturated/α-hetero) is 1.